The van der Waals surface area contributed by atoms with Crippen molar-refractivity contribution in [1.29, 1.82) is 0 Å². The van der Waals surface area contributed by atoms with E-state index in [2.05, 4.69) is 0 Å². The minimum atomic E-state index is 0.113. The lowest BCUT2D eigenvalue weighted by Gasteiger charge is -2.15. The molecular formula is C14H15ClN2O. The minimum absolute atomic E-state index is 0.113. The molecule has 1 aromatic heterocycles. The molecule has 1 aliphatic heterocycles. The highest BCUT2D eigenvalue weighted by Crippen LogP contribution is 2.27. The molecule has 0 saturated carbocycles. The third-order valence-electron chi connectivity index (χ3n) is 3.62. The maximum absolute atomic E-state index is 12.4. The Hall–Kier alpha value is -1.48. The van der Waals surface area contributed by atoms with E-state index in [0.29, 0.717) is 5.02 Å². The standard InChI is InChI=1S/C14H15ClN2O/c1-16-12(14(18)17-7-2-3-8-17)9-10-5-4-6-11(15)13(10)16/h4-6,9H,2-3,7-8H2,1H3. The van der Waals surface area contributed by atoms with Gasteiger partial charge in [-0.05, 0) is 25.0 Å². The molecule has 0 spiro atoms. The van der Waals surface area contributed by atoms with Crippen LogP contribution in [-0.2, 0) is 7.05 Å². The van der Waals surface area contributed by atoms with Crippen LogP contribution in [0.3, 0.4) is 0 Å². The van der Waals surface area contributed by atoms with Gasteiger partial charge in [-0.25, -0.2) is 0 Å². The molecule has 0 aliphatic carbocycles. The largest absolute Gasteiger partial charge is 0.338 e. The van der Waals surface area contributed by atoms with E-state index in [9.17, 15) is 4.79 Å². The Morgan fingerprint density at radius 3 is 2.67 bits per heavy atom. The van der Waals surface area contributed by atoms with E-state index in [1.165, 1.54) is 0 Å². The number of benzene rings is 1. The minimum Gasteiger partial charge on any atom is -0.338 e. The number of carbonyl (C=O) groups excluding carboxylic acids is 1. The molecule has 94 valence electrons. The van der Waals surface area contributed by atoms with Crippen LogP contribution in [0.4, 0.5) is 0 Å². The molecule has 1 fully saturated rings. The molecule has 0 radical (unpaired) electrons. The quantitative estimate of drug-likeness (QED) is 0.775. The number of nitrogens with zero attached hydrogens (tertiary/aromatic N) is 2. The second-order valence-corrected chi connectivity index (χ2v) is 5.17. The third kappa shape index (κ3) is 1.70. The SMILES string of the molecule is Cn1c(C(=O)N2CCCC2)cc2cccc(Cl)c21. The highest BCUT2D eigenvalue weighted by Gasteiger charge is 2.23. The number of hydrogen-bond donors (Lipinski definition) is 0. The number of aryl methyl sites for hydroxylation is 1. The number of fused-ring (bicyclic) bond motifs is 1. The zero-order valence-corrected chi connectivity index (χ0v) is 11.1. The van der Waals surface area contributed by atoms with Crippen LogP contribution < -0.4 is 0 Å². The van der Waals surface area contributed by atoms with Gasteiger partial charge >= 0.3 is 0 Å². The second-order valence-electron chi connectivity index (χ2n) is 4.77. The van der Waals surface area contributed by atoms with Crippen molar-refractivity contribution in [3.05, 3.63) is 35.0 Å². The lowest BCUT2D eigenvalue weighted by molar-refractivity contribution is 0.0784. The van der Waals surface area contributed by atoms with Gasteiger partial charge in [0.1, 0.15) is 5.69 Å². The summed E-state index contributed by atoms with van der Waals surface area (Å²) in [6.45, 7) is 1.74. The van der Waals surface area contributed by atoms with Gasteiger partial charge in [0, 0.05) is 25.5 Å². The molecule has 18 heavy (non-hydrogen) atoms. The molecule has 0 unspecified atom stereocenters. The number of rotatable bonds is 1. The van der Waals surface area contributed by atoms with Crippen LogP contribution in [0.1, 0.15) is 23.3 Å². The average molecular weight is 263 g/mol. The maximum Gasteiger partial charge on any atom is 0.270 e. The van der Waals surface area contributed by atoms with Crippen molar-refractivity contribution in [3.8, 4) is 0 Å². The molecule has 2 aromatic rings. The van der Waals surface area contributed by atoms with Crippen LogP contribution in [0.5, 0.6) is 0 Å². The topological polar surface area (TPSA) is 25.2 Å². The van der Waals surface area contributed by atoms with Crippen LogP contribution >= 0.6 is 11.6 Å². The predicted molar refractivity (Wildman–Crippen MR) is 73.1 cm³/mol. The van der Waals surface area contributed by atoms with Crippen molar-refractivity contribution >= 4 is 28.4 Å². The molecule has 3 nitrogen and oxygen atoms in total. The van der Waals surface area contributed by atoms with Gasteiger partial charge in [-0.1, -0.05) is 23.7 Å². The molecule has 1 aromatic carbocycles. The Labute approximate surface area is 111 Å². The summed E-state index contributed by atoms with van der Waals surface area (Å²) in [6.07, 6.45) is 2.22. The molecule has 0 bridgehead atoms. The number of halogens is 1. The van der Waals surface area contributed by atoms with E-state index in [1.54, 1.807) is 0 Å². The Morgan fingerprint density at radius 1 is 1.28 bits per heavy atom. The van der Waals surface area contributed by atoms with Crippen molar-refractivity contribution < 1.29 is 4.79 Å². The van der Waals surface area contributed by atoms with E-state index in [4.69, 9.17) is 11.6 Å². The van der Waals surface area contributed by atoms with E-state index >= 15 is 0 Å². The van der Waals surface area contributed by atoms with E-state index in [0.717, 1.165) is 42.5 Å². The summed E-state index contributed by atoms with van der Waals surface area (Å²) in [5, 5.41) is 1.71. The van der Waals surface area contributed by atoms with E-state index < -0.39 is 0 Å². The fourth-order valence-electron chi connectivity index (χ4n) is 2.65. The van der Waals surface area contributed by atoms with Gasteiger partial charge in [-0.2, -0.15) is 0 Å². The number of carbonyl (C=O) groups is 1. The van der Waals surface area contributed by atoms with Gasteiger partial charge in [-0.15, -0.1) is 0 Å². The molecule has 1 amide bonds. The lowest BCUT2D eigenvalue weighted by atomic mass is 10.2. The zero-order valence-electron chi connectivity index (χ0n) is 10.3. The predicted octanol–water partition coefficient (Wildman–Crippen LogP) is 3.07. The Bertz CT molecular complexity index is 612. The first kappa shape index (κ1) is 11.6. The van der Waals surface area contributed by atoms with Crippen molar-refractivity contribution in [2.45, 2.75) is 12.8 Å². The summed E-state index contributed by atoms with van der Waals surface area (Å²) in [6, 6.07) is 7.69. The van der Waals surface area contributed by atoms with Gasteiger partial charge in [0.2, 0.25) is 0 Å². The molecule has 2 heterocycles. The normalized spacial score (nSPS) is 15.6. The second kappa shape index (κ2) is 4.32. The Balaban J connectivity index is 2.09. The fourth-order valence-corrected chi connectivity index (χ4v) is 2.96. The summed E-state index contributed by atoms with van der Waals surface area (Å²) in [5.41, 5.74) is 1.65. The van der Waals surface area contributed by atoms with Gasteiger partial charge in [0.15, 0.2) is 0 Å². The maximum atomic E-state index is 12.4. The van der Waals surface area contributed by atoms with Crippen LogP contribution in [0, 0.1) is 0 Å². The molecular weight excluding hydrogens is 248 g/mol. The molecule has 0 atom stereocenters. The smallest absolute Gasteiger partial charge is 0.270 e. The summed E-state index contributed by atoms with van der Waals surface area (Å²) in [5.74, 6) is 0.113. The zero-order chi connectivity index (χ0) is 12.7. The van der Waals surface area contributed by atoms with Gasteiger partial charge in [0.05, 0.1) is 10.5 Å². The number of likely N-dealkylation sites (tertiary alicyclic amines) is 1. The Kier molecular flexibility index (Phi) is 2.78. The van der Waals surface area contributed by atoms with E-state index in [1.807, 2.05) is 40.8 Å². The molecule has 4 heteroatoms. The monoisotopic (exact) mass is 262 g/mol. The fraction of sp³-hybridized carbons (Fsp3) is 0.357. The van der Waals surface area contributed by atoms with Crippen molar-refractivity contribution in [2.75, 3.05) is 13.1 Å². The first-order valence-electron chi connectivity index (χ1n) is 6.21. The van der Waals surface area contributed by atoms with Crippen LogP contribution in [0.2, 0.25) is 5.02 Å². The summed E-state index contributed by atoms with van der Waals surface area (Å²) in [4.78, 5) is 14.3. The summed E-state index contributed by atoms with van der Waals surface area (Å²) >= 11 is 6.19. The average Bonchev–Trinajstić information content (AvgIpc) is 2.97. The third-order valence-corrected chi connectivity index (χ3v) is 3.92. The number of para-hydroxylation sites is 1. The first-order valence-corrected chi connectivity index (χ1v) is 6.59. The molecule has 0 N–H and O–H groups in total. The van der Waals surface area contributed by atoms with Gasteiger partial charge in [-0.3, -0.25) is 4.79 Å². The van der Waals surface area contributed by atoms with E-state index in [-0.39, 0.29) is 5.91 Å². The first-order chi connectivity index (χ1) is 8.68. The molecule has 1 saturated heterocycles. The highest BCUT2D eigenvalue weighted by molar-refractivity contribution is 6.35. The lowest BCUT2D eigenvalue weighted by Crippen LogP contribution is -2.29. The summed E-state index contributed by atoms with van der Waals surface area (Å²) in [7, 11) is 1.90. The van der Waals surface area contributed by atoms with Crippen molar-refractivity contribution in [3.63, 3.8) is 0 Å². The van der Waals surface area contributed by atoms with Crippen molar-refractivity contribution in [1.82, 2.24) is 9.47 Å². The molecule has 3 rings (SSSR count). The van der Waals surface area contributed by atoms with Crippen LogP contribution in [0.15, 0.2) is 24.3 Å². The number of aromatic nitrogens is 1. The van der Waals surface area contributed by atoms with Crippen LogP contribution in [0.25, 0.3) is 10.9 Å². The highest BCUT2D eigenvalue weighted by atomic mass is 35.5. The number of hydrogen-bond acceptors (Lipinski definition) is 1. The summed E-state index contributed by atoms with van der Waals surface area (Å²) < 4.78 is 1.90. The molecule has 1 aliphatic rings. The number of amides is 1. The Morgan fingerprint density at radius 2 is 2.00 bits per heavy atom. The van der Waals surface area contributed by atoms with Crippen molar-refractivity contribution in [2.24, 2.45) is 7.05 Å². The van der Waals surface area contributed by atoms with Crippen LogP contribution in [-0.4, -0.2) is 28.5 Å². The van der Waals surface area contributed by atoms with Gasteiger partial charge < -0.3 is 9.47 Å². The van der Waals surface area contributed by atoms with Gasteiger partial charge in [0.25, 0.3) is 5.91 Å².